The number of halogens is 3. The third-order valence-corrected chi connectivity index (χ3v) is 3.64. The molecule has 0 saturated heterocycles. The molecule has 25 heavy (non-hydrogen) atoms. The van der Waals surface area contributed by atoms with Crippen molar-refractivity contribution in [1.29, 1.82) is 0 Å². The number of benzene rings is 1. The van der Waals surface area contributed by atoms with Crippen molar-refractivity contribution in [2.75, 3.05) is 0 Å². The van der Waals surface area contributed by atoms with Crippen LogP contribution >= 0.6 is 0 Å². The van der Waals surface area contributed by atoms with E-state index in [4.69, 9.17) is 0 Å². The van der Waals surface area contributed by atoms with Crippen molar-refractivity contribution in [3.8, 4) is 17.0 Å². The number of ether oxygens (including phenoxy) is 1. The maximum atomic E-state index is 14.3. The molecule has 5 nitrogen and oxygen atoms in total. The van der Waals surface area contributed by atoms with E-state index in [0.717, 1.165) is 12.1 Å². The van der Waals surface area contributed by atoms with Gasteiger partial charge in [-0.3, -0.25) is 14.5 Å². The Bertz CT molecular complexity index is 938. The molecule has 0 amide bonds. The Morgan fingerprint density at radius 2 is 2.00 bits per heavy atom. The molecule has 0 aliphatic rings. The van der Waals surface area contributed by atoms with Crippen molar-refractivity contribution in [2.45, 2.75) is 26.5 Å². The first-order valence-corrected chi connectivity index (χ1v) is 7.49. The van der Waals surface area contributed by atoms with Crippen LogP contribution in [0.3, 0.4) is 0 Å². The largest absolute Gasteiger partial charge is 0.435 e. The van der Waals surface area contributed by atoms with Gasteiger partial charge in [0.2, 0.25) is 0 Å². The van der Waals surface area contributed by atoms with Gasteiger partial charge in [0.1, 0.15) is 23.0 Å². The predicted molar refractivity (Wildman–Crippen MR) is 85.3 cm³/mol. The minimum atomic E-state index is -3.01. The second-order valence-corrected chi connectivity index (χ2v) is 5.65. The van der Waals surface area contributed by atoms with Crippen molar-refractivity contribution in [2.24, 2.45) is 0 Å². The van der Waals surface area contributed by atoms with Crippen LogP contribution in [0, 0.1) is 5.82 Å². The summed E-state index contributed by atoms with van der Waals surface area (Å²) in [6.07, 6.45) is 2.02. The minimum absolute atomic E-state index is 0.0169. The van der Waals surface area contributed by atoms with Crippen molar-refractivity contribution in [3.63, 3.8) is 0 Å². The fourth-order valence-corrected chi connectivity index (χ4v) is 2.57. The summed E-state index contributed by atoms with van der Waals surface area (Å²) in [6, 6.07) is 4.81. The Balaban J connectivity index is 2.24. The highest BCUT2D eigenvalue weighted by atomic mass is 19.3. The number of aldehydes is 1. The van der Waals surface area contributed by atoms with Gasteiger partial charge in [-0.15, -0.1) is 0 Å². The van der Waals surface area contributed by atoms with Crippen LogP contribution in [-0.2, 0) is 0 Å². The van der Waals surface area contributed by atoms with E-state index in [1.54, 1.807) is 10.7 Å². The Hall–Kier alpha value is -2.90. The molecule has 0 aliphatic heterocycles. The normalized spacial score (nSPS) is 11.5. The molecule has 1 aromatic carbocycles. The zero-order valence-electron chi connectivity index (χ0n) is 13.4. The summed E-state index contributed by atoms with van der Waals surface area (Å²) < 4.78 is 45.1. The number of fused-ring (bicyclic) bond motifs is 1. The Labute approximate surface area is 141 Å². The van der Waals surface area contributed by atoms with Gasteiger partial charge in [-0.25, -0.2) is 4.39 Å². The van der Waals surface area contributed by atoms with Crippen LogP contribution in [0.25, 0.3) is 22.2 Å². The van der Waals surface area contributed by atoms with Gasteiger partial charge in [0, 0.05) is 23.2 Å². The van der Waals surface area contributed by atoms with Crippen LogP contribution in [0.2, 0.25) is 0 Å². The molecule has 3 rings (SSSR count). The van der Waals surface area contributed by atoms with Crippen LogP contribution in [0.1, 0.15) is 30.4 Å². The second-order valence-electron chi connectivity index (χ2n) is 5.65. The lowest BCUT2D eigenvalue weighted by Gasteiger charge is -2.07. The molecular weight excluding hydrogens is 335 g/mol. The molecule has 0 spiro atoms. The van der Waals surface area contributed by atoms with Gasteiger partial charge in [0.25, 0.3) is 0 Å². The first kappa shape index (κ1) is 16.9. The third kappa shape index (κ3) is 3.19. The highest BCUT2D eigenvalue weighted by Gasteiger charge is 2.19. The van der Waals surface area contributed by atoms with Crippen molar-refractivity contribution in [3.05, 3.63) is 42.0 Å². The Morgan fingerprint density at radius 3 is 2.64 bits per heavy atom. The third-order valence-electron chi connectivity index (χ3n) is 3.64. The van der Waals surface area contributed by atoms with E-state index in [9.17, 15) is 18.0 Å². The zero-order valence-corrected chi connectivity index (χ0v) is 13.4. The van der Waals surface area contributed by atoms with Gasteiger partial charge in [-0.05, 0) is 38.1 Å². The van der Waals surface area contributed by atoms with Crippen molar-refractivity contribution in [1.82, 2.24) is 14.8 Å². The first-order chi connectivity index (χ1) is 11.9. The minimum Gasteiger partial charge on any atom is -0.435 e. The molecule has 0 N–H and O–H groups in total. The molecule has 0 aliphatic carbocycles. The van der Waals surface area contributed by atoms with Crippen molar-refractivity contribution < 1.29 is 22.7 Å². The van der Waals surface area contributed by atoms with E-state index in [0.29, 0.717) is 17.2 Å². The number of rotatable bonds is 5. The quantitative estimate of drug-likeness (QED) is 0.647. The fourth-order valence-electron chi connectivity index (χ4n) is 2.57. The highest BCUT2D eigenvalue weighted by molar-refractivity contribution is 5.95. The number of aromatic nitrogens is 3. The van der Waals surface area contributed by atoms with Crippen LogP contribution < -0.4 is 4.74 Å². The summed E-state index contributed by atoms with van der Waals surface area (Å²) in [6.45, 7) is 0.744. The molecule has 0 unspecified atom stereocenters. The molecule has 0 fully saturated rings. The number of carbonyl (C=O) groups excluding carboxylic acids is 1. The molecule has 0 atom stereocenters. The number of alkyl halides is 2. The standard InChI is InChI=1S/C17H14F3N3O2/c1-9(2)23-15-5-10(8-24)21-7-13(15)16(22-23)12-6-11(25-17(19)20)3-4-14(12)18/h3-9,17H,1-2H3. The lowest BCUT2D eigenvalue weighted by Crippen LogP contribution is -2.03. The smallest absolute Gasteiger partial charge is 0.387 e. The lowest BCUT2D eigenvalue weighted by atomic mass is 10.1. The Morgan fingerprint density at radius 1 is 1.24 bits per heavy atom. The number of carbonyl (C=O) groups is 1. The van der Waals surface area contributed by atoms with Crippen LogP contribution in [0.15, 0.2) is 30.5 Å². The summed E-state index contributed by atoms with van der Waals surface area (Å²) in [4.78, 5) is 15.0. The molecule has 0 saturated carbocycles. The number of pyridine rings is 1. The average Bonchev–Trinajstić information content (AvgIpc) is 2.95. The summed E-state index contributed by atoms with van der Waals surface area (Å²) >= 11 is 0. The van der Waals surface area contributed by atoms with Gasteiger partial charge >= 0.3 is 6.61 Å². The van der Waals surface area contributed by atoms with E-state index < -0.39 is 12.4 Å². The number of hydrogen-bond donors (Lipinski definition) is 0. The predicted octanol–water partition coefficient (Wildman–Crippen LogP) is 4.23. The average molecular weight is 349 g/mol. The topological polar surface area (TPSA) is 57.0 Å². The van der Waals surface area contributed by atoms with Gasteiger partial charge in [0.05, 0.1) is 5.52 Å². The SMILES string of the molecule is CC(C)n1nc(-c2cc(OC(F)F)ccc2F)c2cnc(C=O)cc21. The van der Waals surface area contributed by atoms with E-state index in [2.05, 4.69) is 14.8 Å². The molecule has 0 radical (unpaired) electrons. The van der Waals surface area contributed by atoms with Gasteiger partial charge < -0.3 is 4.74 Å². The van der Waals surface area contributed by atoms with E-state index >= 15 is 0 Å². The number of hydrogen-bond acceptors (Lipinski definition) is 4. The zero-order chi connectivity index (χ0) is 18.1. The maximum absolute atomic E-state index is 14.3. The second kappa shape index (κ2) is 6.54. The summed E-state index contributed by atoms with van der Waals surface area (Å²) in [5.74, 6) is -0.799. The Kier molecular flexibility index (Phi) is 4.43. The van der Waals surface area contributed by atoms with Gasteiger partial charge in [-0.1, -0.05) is 0 Å². The van der Waals surface area contributed by atoms with Gasteiger partial charge in [0.15, 0.2) is 6.29 Å². The van der Waals surface area contributed by atoms with E-state index in [1.807, 2.05) is 13.8 Å². The van der Waals surface area contributed by atoms with Crippen LogP contribution in [-0.4, -0.2) is 27.7 Å². The first-order valence-electron chi connectivity index (χ1n) is 7.49. The van der Waals surface area contributed by atoms with Crippen molar-refractivity contribution >= 4 is 17.2 Å². The highest BCUT2D eigenvalue weighted by Crippen LogP contribution is 2.33. The maximum Gasteiger partial charge on any atom is 0.387 e. The van der Waals surface area contributed by atoms with Crippen LogP contribution in [0.4, 0.5) is 13.2 Å². The van der Waals surface area contributed by atoms with E-state index in [1.165, 1.54) is 12.3 Å². The summed E-state index contributed by atoms with van der Waals surface area (Å²) in [5, 5.41) is 4.90. The fraction of sp³-hybridized carbons (Fsp3) is 0.235. The summed E-state index contributed by atoms with van der Waals surface area (Å²) in [7, 11) is 0. The number of nitrogens with zero attached hydrogens (tertiary/aromatic N) is 3. The summed E-state index contributed by atoms with van der Waals surface area (Å²) in [5.41, 5.74) is 1.08. The lowest BCUT2D eigenvalue weighted by molar-refractivity contribution is -0.0498. The molecule has 3 aromatic rings. The molecule has 0 bridgehead atoms. The molecular formula is C17H14F3N3O2. The van der Waals surface area contributed by atoms with Crippen LogP contribution in [0.5, 0.6) is 5.75 Å². The van der Waals surface area contributed by atoms with E-state index in [-0.39, 0.29) is 28.7 Å². The molecule has 8 heteroatoms. The monoisotopic (exact) mass is 349 g/mol. The molecule has 2 aromatic heterocycles. The van der Waals surface area contributed by atoms with Gasteiger partial charge in [-0.2, -0.15) is 13.9 Å². The molecule has 130 valence electrons. The molecule has 2 heterocycles.